The molecule has 0 saturated heterocycles. The second-order valence-corrected chi connectivity index (χ2v) is 4.41. The fraction of sp³-hybridized carbons (Fsp3) is 0.333. The van der Waals surface area contributed by atoms with E-state index in [0.29, 0.717) is 26.1 Å². The van der Waals surface area contributed by atoms with Crippen molar-refractivity contribution < 1.29 is 9.53 Å². The quantitative estimate of drug-likeness (QED) is 0.755. The number of para-hydroxylation sites is 1. The van der Waals surface area contributed by atoms with Crippen LogP contribution in [0.4, 0.5) is 5.82 Å². The smallest absolute Gasteiger partial charge is 0.221 e. The minimum atomic E-state index is 0.00957. The van der Waals surface area contributed by atoms with Crippen LogP contribution >= 0.6 is 0 Å². The van der Waals surface area contributed by atoms with Crippen LogP contribution < -0.4 is 10.6 Å². The Bertz CT molecular complexity index is 572. The van der Waals surface area contributed by atoms with E-state index < -0.39 is 0 Å². The predicted octanol–water partition coefficient (Wildman–Crippen LogP) is 1.80. The van der Waals surface area contributed by atoms with Gasteiger partial charge >= 0.3 is 0 Å². The zero-order valence-electron chi connectivity index (χ0n) is 11.6. The van der Waals surface area contributed by atoms with Crippen molar-refractivity contribution in [2.24, 2.45) is 0 Å². The number of hydrogen-bond donors (Lipinski definition) is 2. The lowest BCUT2D eigenvalue weighted by molar-refractivity contribution is -0.121. The summed E-state index contributed by atoms with van der Waals surface area (Å²) in [6, 6.07) is 11.9. The minimum Gasteiger partial charge on any atom is -0.383 e. The number of methoxy groups -OCH3 is 1. The topological polar surface area (TPSA) is 63.2 Å². The van der Waals surface area contributed by atoms with Crippen molar-refractivity contribution in [2.45, 2.75) is 6.42 Å². The first kappa shape index (κ1) is 14.3. The highest BCUT2D eigenvalue weighted by molar-refractivity contribution is 5.80. The molecule has 0 aliphatic carbocycles. The number of nitrogens with zero attached hydrogens (tertiary/aromatic N) is 1. The Labute approximate surface area is 118 Å². The Hall–Kier alpha value is -2.14. The number of amides is 1. The highest BCUT2D eigenvalue weighted by Crippen LogP contribution is 2.14. The summed E-state index contributed by atoms with van der Waals surface area (Å²) in [6.07, 6.45) is 0.415. The van der Waals surface area contributed by atoms with E-state index in [1.807, 2.05) is 36.4 Å². The second kappa shape index (κ2) is 7.45. The highest BCUT2D eigenvalue weighted by Gasteiger charge is 2.01. The molecule has 0 radical (unpaired) electrons. The van der Waals surface area contributed by atoms with Gasteiger partial charge in [0.2, 0.25) is 5.91 Å². The first-order chi connectivity index (χ1) is 9.79. The molecule has 0 fully saturated rings. The van der Waals surface area contributed by atoms with Gasteiger partial charge in [0.1, 0.15) is 5.82 Å². The zero-order valence-corrected chi connectivity index (χ0v) is 11.6. The Kier molecular flexibility index (Phi) is 5.32. The van der Waals surface area contributed by atoms with Crippen LogP contribution in [-0.4, -0.2) is 37.7 Å². The number of pyridine rings is 1. The van der Waals surface area contributed by atoms with Gasteiger partial charge < -0.3 is 15.4 Å². The molecule has 20 heavy (non-hydrogen) atoms. The van der Waals surface area contributed by atoms with Crippen molar-refractivity contribution >= 4 is 22.6 Å². The van der Waals surface area contributed by atoms with Gasteiger partial charge in [-0.2, -0.15) is 0 Å². The number of carbonyl (C=O) groups is 1. The van der Waals surface area contributed by atoms with E-state index in [9.17, 15) is 4.79 Å². The summed E-state index contributed by atoms with van der Waals surface area (Å²) in [5.41, 5.74) is 0.946. The van der Waals surface area contributed by atoms with Gasteiger partial charge in [-0.15, -0.1) is 0 Å². The van der Waals surface area contributed by atoms with Crippen LogP contribution in [0, 0.1) is 0 Å². The molecule has 2 rings (SSSR count). The summed E-state index contributed by atoms with van der Waals surface area (Å²) >= 11 is 0. The zero-order chi connectivity index (χ0) is 14.2. The lowest BCUT2D eigenvalue weighted by atomic mass is 10.2. The molecule has 2 N–H and O–H groups in total. The van der Waals surface area contributed by atoms with Crippen molar-refractivity contribution in [3.8, 4) is 0 Å². The molecule has 1 heterocycles. The van der Waals surface area contributed by atoms with Gasteiger partial charge in [-0.1, -0.05) is 18.2 Å². The summed E-state index contributed by atoms with van der Waals surface area (Å²) in [6.45, 7) is 1.64. The molecule has 1 amide bonds. The normalized spacial score (nSPS) is 10.4. The average Bonchev–Trinajstić information content (AvgIpc) is 2.47. The maximum atomic E-state index is 11.5. The maximum absolute atomic E-state index is 11.5. The van der Waals surface area contributed by atoms with Crippen LogP contribution in [0.3, 0.4) is 0 Å². The summed E-state index contributed by atoms with van der Waals surface area (Å²) in [4.78, 5) is 16.0. The lowest BCUT2D eigenvalue weighted by Crippen LogP contribution is -2.28. The molecule has 5 nitrogen and oxygen atoms in total. The standard InChI is InChI=1S/C15H19N3O2/c1-20-11-10-17-15(19)8-9-16-14-7-6-12-4-2-3-5-13(12)18-14/h2-7H,8-11H2,1H3,(H,16,18)(H,17,19). The second-order valence-electron chi connectivity index (χ2n) is 4.41. The van der Waals surface area contributed by atoms with Crippen molar-refractivity contribution in [3.63, 3.8) is 0 Å². The molecule has 0 aliphatic heterocycles. The molecule has 0 atom stereocenters. The molecule has 0 unspecified atom stereocenters. The largest absolute Gasteiger partial charge is 0.383 e. The first-order valence-corrected chi connectivity index (χ1v) is 6.65. The summed E-state index contributed by atoms with van der Waals surface area (Å²) in [5.74, 6) is 0.795. The predicted molar refractivity (Wildman–Crippen MR) is 79.7 cm³/mol. The molecule has 5 heteroatoms. The van der Waals surface area contributed by atoms with Gasteiger partial charge in [0.15, 0.2) is 0 Å². The van der Waals surface area contributed by atoms with E-state index in [1.54, 1.807) is 7.11 Å². The van der Waals surface area contributed by atoms with Gasteiger partial charge in [0.05, 0.1) is 12.1 Å². The third-order valence-corrected chi connectivity index (χ3v) is 2.88. The fourth-order valence-corrected chi connectivity index (χ4v) is 1.85. The molecule has 0 spiro atoms. The van der Waals surface area contributed by atoms with Crippen molar-refractivity contribution in [3.05, 3.63) is 36.4 Å². The number of hydrogen-bond acceptors (Lipinski definition) is 4. The number of fused-ring (bicyclic) bond motifs is 1. The SMILES string of the molecule is COCCNC(=O)CCNc1ccc2ccccc2n1. The maximum Gasteiger partial charge on any atom is 0.221 e. The van der Waals surface area contributed by atoms with E-state index >= 15 is 0 Å². The number of nitrogens with one attached hydrogen (secondary N) is 2. The molecule has 0 bridgehead atoms. The van der Waals surface area contributed by atoms with Crippen molar-refractivity contribution in [2.75, 3.05) is 32.1 Å². The lowest BCUT2D eigenvalue weighted by Gasteiger charge is -2.07. The van der Waals surface area contributed by atoms with E-state index in [1.165, 1.54) is 0 Å². The van der Waals surface area contributed by atoms with E-state index in [0.717, 1.165) is 16.7 Å². The molecular formula is C15H19N3O2. The summed E-state index contributed by atoms with van der Waals surface area (Å²) in [7, 11) is 1.61. The highest BCUT2D eigenvalue weighted by atomic mass is 16.5. The number of ether oxygens (including phenoxy) is 1. The number of aromatic nitrogens is 1. The van der Waals surface area contributed by atoms with Gasteiger partial charge in [0, 0.05) is 32.0 Å². The minimum absolute atomic E-state index is 0.00957. The number of rotatable bonds is 7. The first-order valence-electron chi connectivity index (χ1n) is 6.65. The molecular weight excluding hydrogens is 254 g/mol. The van der Waals surface area contributed by atoms with E-state index in [-0.39, 0.29) is 5.91 Å². The van der Waals surface area contributed by atoms with Gasteiger partial charge in [0.25, 0.3) is 0 Å². The Morgan fingerprint density at radius 3 is 2.90 bits per heavy atom. The van der Waals surface area contributed by atoms with Crippen LogP contribution in [0.25, 0.3) is 10.9 Å². The average molecular weight is 273 g/mol. The van der Waals surface area contributed by atoms with Crippen LogP contribution in [0.1, 0.15) is 6.42 Å². The third kappa shape index (κ3) is 4.20. The summed E-state index contributed by atoms with van der Waals surface area (Å²) in [5, 5.41) is 7.04. The van der Waals surface area contributed by atoms with Gasteiger partial charge in [-0.05, 0) is 18.2 Å². The van der Waals surface area contributed by atoms with Crippen molar-refractivity contribution in [1.82, 2.24) is 10.3 Å². The molecule has 2 aromatic rings. The molecule has 0 saturated carbocycles. The van der Waals surface area contributed by atoms with Crippen molar-refractivity contribution in [1.29, 1.82) is 0 Å². The van der Waals surface area contributed by atoms with Crippen LogP contribution in [0.2, 0.25) is 0 Å². The number of anilines is 1. The molecule has 1 aromatic heterocycles. The van der Waals surface area contributed by atoms with Gasteiger partial charge in [-0.3, -0.25) is 4.79 Å². The number of carbonyl (C=O) groups excluding carboxylic acids is 1. The Balaban J connectivity index is 1.79. The van der Waals surface area contributed by atoms with E-state index in [2.05, 4.69) is 15.6 Å². The van der Waals surface area contributed by atoms with E-state index in [4.69, 9.17) is 4.74 Å². The molecule has 106 valence electrons. The third-order valence-electron chi connectivity index (χ3n) is 2.88. The van der Waals surface area contributed by atoms with Gasteiger partial charge in [-0.25, -0.2) is 4.98 Å². The molecule has 0 aliphatic rings. The van der Waals surface area contributed by atoms with Crippen LogP contribution in [0.15, 0.2) is 36.4 Å². The van der Waals surface area contributed by atoms with Crippen LogP contribution in [-0.2, 0) is 9.53 Å². The monoisotopic (exact) mass is 273 g/mol. The Morgan fingerprint density at radius 2 is 2.05 bits per heavy atom. The number of benzene rings is 1. The Morgan fingerprint density at radius 1 is 1.20 bits per heavy atom. The molecule has 1 aromatic carbocycles. The summed E-state index contributed by atoms with van der Waals surface area (Å²) < 4.78 is 4.87. The fourth-order valence-electron chi connectivity index (χ4n) is 1.85. The van der Waals surface area contributed by atoms with Crippen LogP contribution in [0.5, 0.6) is 0 Å².